The second-order valence-corrected chi connectivity index (χ2v) is 9.23. The molecule has 0 saturated heterocycles. The van der Waals surface area contributed by atoms with Gasteiger partial charge >= 0.3 is 18.1 Å². The number of ether oxygens (including phenoxy) is 2. The lowest BCUT2D eigenvalue weighted by Gasteiger charge is -2.27. The van der Waals surface area contributed by atoms with Crippen molar-refractivity contribution >= 4 is 11.9 Å². The maximum Gasteiger partial charge on any atom is 0.490 e. The van der Waals surface area contributed by atoms with E-state index in [0.717, 1.165) is 46.6 Å². The third-order valence-corrected chi connectivity index (χ3v) is 5.98. The molecule has 40 heavy (non-hydrogen) atoms. The molecular formula is C29H30F3NO7. The van der Waals surface area contributed by atoms with Gasteiger partial charge in [0.05, 0.1) is 5.56 Å². The number of aliphatic hydroxyl groups excluding tert-OH is 1. The first-order valence-corrected chi connectivity index (χ1v) is 12.4. The fourth-order valence-electron chi connectivity index (χ4n) is 3.94. The molecule has 1 aliphatic heterocycles. The molecular weight excluding hydrogens is 531 g/mol. The number of halogens is 3. The minimum Gasteiger partial charge on any atom is -0.491 e. The predicted octanol–water partition coefficient (Wildman–Crippen LogP) is 4.72. The summed E-state index contributed by atoms with van der Waals surface area (Å²) in [5.41, 5.74) is 4.58. The van der Waals surface area contributed by atoms with Crippen LogP contribution in [-0.2, 0) is 11.2 Å². The summed E-state index contributed by atoms with van der Waals surface area (Å²) < 4.78 is 43.5. The Labute approximate surface area is 229 Å². The third-order valence-electron chi connectivity index (χ3n) is 5.98. The van der Waals surface area contributed by atoms with Crippen LogP contribution in [0.4, 0.5) is 13.2 Å². The lowest BCUT2D eigenvalue weighted by Crippen LogP contribution is -2.39. The van der Waals surface area contributed by atoms with Crippen molar-refractivity contribution in [2.45, 2.75) is 38.1 Å². The van der Waals surface area contributed by atoms with Gasteiger partial charge in [0.15, 0.2) is 0 Å². The van der Waals surface area contributed by atoms with Crippen LogP contribution >= 0.6 is 0 Å². The molecule has 0 aromatic heterocycles. The third kappa shape index (κ3) is 9.28. The van der Waals surface area contributed by atoms with Gasteiger partial charge in [-0.1, -0.05) is 30.3 Å². The van der Waals surface area contributed by atoms with Crippen LogP contribution in [-0.4, -0.2) is 65.3 Å². The summed E-state index contributed by atoms with van der Waals surface area (Å²) >= 11 is 0. The van der Waals surface area contributed by atoms with Crippen molar-refractivity contribution in [1.29, 1.82) is 0 Å². The fraction of sp³-hybridized carbons (Fsp3) is 0.310. The number of fused-ring (bicyclic) bond motifs is 1. The molecule has 1 heterocycles. The van der Waals surface area contributed by atoms with Gasteiger partial charge in [-0.05, 0) is 78.4 Å². The summed E-state index contributed by atoms with van der Waals surface area (Å²) in [6.07, 6.45) is -3.85. The molecule has 4 rings (SSSR count). The first-order chi connectivity index (χ1) is 18.9. The average Bonchev–Trinajstić information content (AvgIpc) is 2.91. The highest BCUT2D eigenvalue weighted by Gasteiger charge is 2.38. The van der Waals surface area contributed by atoms with Gasteiger partial charge in [-0.3, -0.25) is 0 Å². The Morgan fingerprint density at radius 2 is 1.73 bits per heavy atom. The number of aryl methyl sites for hydroxylation is 2. The van der Waals surface area contributed by atoms with E-state index >= 15 is 0 Å². The molecule has 8 nitrogen and oxygen atoms in total. The average molecular weight is 562 g/mol. The smallest absolute Gasteiger partial charge is 0.490 e. The SMILES string of the molecule is Cc1cccc(OCC(O)CNC[C@H]2CCc3cc(-c4ccc(C(=O)O)cc4)ccc3O2)c1.O=C(O)C(F)(F)F. The maximum absolute atomic E-state index is 11.0. The largest absolute Gasteiger partial charge is 0.491 e. The summed E-state index contributed by atoms with van der Waals surface area (Å²) in [6, 6.07) is 20.8. The molecule has 0 fully saturated rings. The Morgan fingerprint density at radius 3 is 2.35 bits per heavy atom. The summed E-state index contributed by atoms with van der Waals surface area (Å²) in [7, 11) is 0. The highest BCUT2D eigenvalue weighted by atomic mass is 19.4. The number of carboxylic acids is 2. The minimum atomic E-state index is -5.08. The van der Waals surface area contributed by atoms with E-state index in [0.29, 0.717) is 13.1 Å². The van der Waals surface area contributed by atoms with Crippen LogP contribution < -0.4 is 14.8 Å². The Morgan fingerprint density at radius 1 is 1.05 bits per heavy atom. The van der Waals surface area contributed by atoms with Crippen molar-refractivity contribution in [3.8, 4) is 22.6 Å². The van der Waals surface area contributed by atoms with E-state index in [1.807, 2.05) is 55.5 Å². The second kappa shape index (κ2) is 13.8. The first kappa shape index (κ1) is 30.5. The van der Waals surface area contributed by atoms with Gasteiger partial charge in [-0.25, -0.2) is 9.59 Å². The molecule has 0 saturated carbocycles. The van der Waals surface area contributed by atoms with Gasteiger partial charge in [0.1, 0.15) is 30.3 Å². The zero-order valence-electron chi connectivity index (χ0n) is 21.6. The van der Waals surface area contributed by atoms with E-state index in [1.165, 1.54) is 0 Å². The number of carbonyl (C=O) groups is 2. The number of nitrogens with one attached hydrogen (secondary N) is 1. The summed E-state index contributed by atoms with van der Waals surface area (Å²) in [6.45, 7) is 3.33. The van der Waals surface area contributed by atoms with Gasteiger partial charge in [-0.15, -0.1) is 0 Å². The predicted molar refractivity (Wildman–Crippen MR) is 141 cm³/mol. The van der Waals surface area contributed by atoms with Crippen LogP contribution in [0.2, 0.25) is 0 Å². The Hall–Kier alpha value is -4.09. The molecule has 0 spiro atoms. The van der Waals surface area contributed by atoms with Crippen molar-refractivity contribution in [2.75, 3.05) is 19.7 Å². The number of aliphatic hydroxyl groups is 1. The minimum absolute atomic E-state index is 0.0445. The molecule has 2 atom stereocenters. The monoisotopic (exact) mass is 561 g/mol. The van der Waals surface area contributed by atoms with E-state index in [2.05, 4.69) is 11.4 Å². The zero-order chi connectivity index (χ0) is 29.3. The molecule has 1 unspecified atom stereocenters. The van der Waals surface area contributed by atoms with Crippen molar-refractivity contribution < 1.29 is 47.6 Å². The number of alkyl halides is 3. The van der Waals surface area contributed by atoms with Crippen molar-refractivity contribution in [3.05, 3.63) is 83.4 Å². The van der Waals surface area contributed by atoms with Crippen LogP contribution in [0.5, 0.6) is 11.5 Å². The molecule has 3 aromatic carbocycles. The van der Waals surface area contributed by atoms with Gasteiger partial charge in [-0.2, -0.15) is 13.2 Å². The zero-order valence-corrected chi connectivity index (χ0v) is 21.6. The van der Waals surface area contributed by atoms with E-state index in [-0.39, 0.29) is 18.3 Å². The second-order valence-electron chi connectivity index (χ2n) is 9.23. The van der Waals surface area contributed by atoms with Gasteiger partial charge in [0.2, 0.25) is 0 Å². The van der Waals surface area contributed by atoms with Gasteiger partial charge in [0.25, 0.3) is 0 Å². The highest BCUT2D eigenvalue weighted by molar-refractivity contribution is 5.88. The lowest BCUT2D eigenvalue weighted by atomic mass is 9.96. The molecule has 0 aliphatic carbocycles. The number of carboxylic acid groups (broad SMARTS) is 2. The van der Waals surface area contributed by atoms with E-state index in [4.69, 9.17) is 24.5 Å². The molecule has 3 aromatic rings. The number of benzene rings is 3. The van der Waals surface area contributed by atoms with Crippen molar-refractivity contribution in [1.82, 2.24) is 5.32 Å². The van der Waals surface area contributed by atoms with Gasteiger partial charge < -0.3 is 30.1 Å². The number of aromatic carboxylic acids is 1. The molecule has 11 heteroatoms. The number of rotatable bonds is 9. The number of aliphatic carboxylic acids is 1. The van der Waals surface area contributed by atoms with Crippen molar-refractivity contribution in [2.24, 2.45) is 0 Å². The van der Waals surface area contributed by atoms with Crippen LogP contribution in [0, 0.1) is 6.92 Å². The van der Waals surface area contributed by atoms with E-state index in [9.17, 15) is 23.1 Å². The quantitative estimate of drug-likeness (QED) is 0.296. The normalized spacial score (nSPS) is 15.1. The molecule has 1 aliphatic rings. The molecule has 0 amide bonds. The molecule has 214 valence electrons. The highest BCUT2D eigenvalue weighted by Crippen LogP contribution is 2.32. The summed E-state index contributed by atoms with van der Waals surface area (Å²) in [4.78, 5) is 19.9. The molecule has 4 N–H and O–H groups in total. The lowest BCUT2D eigenvalue weighted by molar-refractivity contribution is -0.192. The first-order valence-electron chi connectivity index (χ1n) is 12.4. The maximum atomic E-state index is 11.0. The van der Waals surface area contributed by atoms with Crippen LogP contribution in [0.3, 0.4) is 0 Å². The van der Waals surface area contributed by atoms with Crippen LogP contribution in [0.15, 0.2) is 66.7 Å². The summed E-state index contributed by atoms with van der Waals surface area (Å²) in [5, 5.41) is 29.7. The summed E-state index contributed by atoms with van der Waals surface area (Å²) in [5.74, 6) is -2.04. The Balaban J connectivity index is 0.000000559. The molecule has 0 radical (unpaired) electrons. The fourth-order valence-corrected chi connectivity index (χ4v) is 3.94. The van der Waals surface area contributed by atoms with Crippen molar-refractivity contribution in [3.63, 3.8) is 0 Å². The number of hydrogen-bond donors (Lipinski definition) is 4. The van der Waals surface area contributed by atoms with Crippen LogP contribution in [0.25, 0.3) is 11.1 Å². The van der Waals surface area contributed by atoms with E-state index < -0.39 is 24.2 Å². The van der Waals surface area contributed by atoms with E-state index in [1.54, 1.807) is 12.1 Å². The molecule has 0 bridgehead atoms. The number of hydrogen-bond acceptors (Lipinski definition) is 6. The van der Waals surface area contributed by atoms with Crippen LogP contribution in [0.1, 0.15) is 27.9 Å². The standard InChI is InChI=1S/C27H29NO5.C2HF3O2/c1-18-3-2-4-24(13-18)32-17-23(29)15-28-16-25-11-9-22-14-21(10-12-26(22)33-25)19-5-7-20(8-6-19)27(30)31;3-2(4,5)1(6)7/h2-8,10,12-14,23,25,28-29H,9,11,15-17H2,1H3,(H,30,31);(H,6,7)/t23?,25-;/m1./s1. The topological polar surface area (TPSA) is 125 Å². The Bertz CT molecular complexity index is 1300. The van der Waals surface area contributed by atoms with Gasteiger partial charge in [0, 0.05) is 13.1 Å². The Kier molecular flexibility index (Phi) is 10.5.